The minimum absolute atomic E-state index is 0.105. The van der Waals surface area contributed by atoms with E-state index in [2.05, 4.69) is 20.5 Å². The van der Waals surface area contributed by atoms with Crippen LogP contribution in [0, 0.1) is 0 Å². The number of aromatic nitrogens is 3. The van der Waals surface area contributed by atoms with E-state index in [1.54, 1.807) is 7.11 Å². The highest BCUT2D eigenvalue weighted by molar-refractivity contribution is 6.32. The van der Waals surface area contributed by atoms with Crippen LogP contribution in [0.3, 0.4) is 0 Å². The average Bonchev–Trinajstić information content (AvgIpc) is 2.90. The molecule has 6 heteroatoms. The maximum atomic E-state index is 6.06. The summed E-state index contributed by atoms with van der Waals surface area (Å²) in [5.41, 5.74) is 1.09. The van der Waals surface area contributed by atoms with Gasteiger partial charge in [-0.3, -0.25) is 5.10 Å². The van der Waals surface area contributed by atoms with Crippen molar-refractivity contribution in [3.63, 3.8) is 0 Å². The molecule has 1 heterocycles. The van der Waals surface area contributed by atoms with Crippen molar-refractivity contribution in [1.82, 2.24) is 20.5 Å². The van der Waals surface area contributed by atoms with E-state index in [0.717, 1.165) is 11.4 Å². The number of nitrogens with zero attached hydrogens (tertiary/aromatic N) is 2. The fourth-order valence-electron chi connectivity index (χ4n) is 1.61. The quantitative estimate of drug-likeness (QED) is 0.872. The van der Waals surface area contributed by atoms with E-state index in [0.29, 0.717) is 17.3 Å². The van der Waals surface area contributed by atoms with Crippen molar-refractivity contribution < 1.29 is 4.74 Å². The van der Waals surface area contributed by atoms with Gasteiger partial charge in [-0.05, 0) is 24.6 Å². The third-order valence-electron chi connectivity index (χ3n) is 2.67. The number of methoxy groups -OCH3 is 1. The molecule has 1 unspecified atom stereocenters. The standard InChI is InChI=1S/C12H15ClN4O/c1-8(12-15-7-16-17-12)14-6-9-3-4-11(18-2)10(13)5-9/h3-5,7-8,14H,6H2,1-2H3,(H,15,16,17). The molecule has 0 spiro atoms. The molecule has 0 saturated heterocycles. The van der Waals surface area contributed by atoms with Crippen LogP contribution in [0.5, 0.6) is 5.75 Å². The van der Waals surface area contributed by atoms with E-state index in [-0.39, 0.29) is 6.04 Å². The van der Waals surface area contributed by atoms with E-state index in [9.17, 15) is 0 Å². The summed E-state index contributed by atoms with van der Waals surface area (Å²) in [5, 5.41) is 10.6. The first kappa shape index (κ1) is 12.9. The minimum Gasteiger partial charge on any atom is -0.495 e. The summed E-state index contributed by atoms with van der Waals surface area (Å²) in [6, 6.07) is 5.83. The first-order valence-electron chi connectivity index (χ1n) is 5.61. The Hall–Kier alpha value is -1.59. The van der Waals surface area contributed by atoms with Crippen LogP contribution in [0.2, 0.25) is 5.02 Å². The van der Waals surface area contributed by atoms with Gasteiger partial charge in [0, 0.05) is 6.54 Å². The van der Waals surface area contributed by atoms with Crippen molar-refractivity contribution in [2.45, 2.75) is 19.5 Å². The Morgan fingerprint density at radius 1 is 1.50 bits per heavy atom. The SMILES string of the molecule is COc1ccc(CNC(C)c2ncn[nH]2)cc1Cl. The van der Waals surface area contributed by atoms with E-state index >= 15 is 0 Å². The maximum Gasteiger partial charge on any atom is 0.141 e. The lowest BCUT2D eigenvalue weighted by atomic mass is 10.2. The number of halogens is 1. The fourth-order valence-corrected chi connectivity index (χ4v) is 1.89. The third kappa shape index (κ3) is 3.00. The second kappa shape index (κ2) is 5.84. The molecule has 5 nitrogen and oxygen atoms in total. The van der Waals surface area contributed by atoms with E-state index in [1.165, 1.54) is 6.33 Å². The Morgan fingerprint density at radius 3 is 2.94 bits per heavy atom. The largest absolute Gasteiger partial charge is 0.495 e. The van der Waals surface area contributed by atoms with Crippen LogP contribution in [0.25, 0.3) is 0 Å². The van der Waals surface area contributed by atoms with Gasteiger partial charge in [0.15, 0.2) is 0 Å². The summed E-state index contributed by atoms with van der Waals surface area (Å²) in [7, 11) is 1.60. The van der Waals surface area contributed by atoms with Crippen LogP contribution in [0.1, 0.15) is 24.4 Å². The number of aromatic amines is 1. The summed E-state index contributed by atoms with van der Waals surface area (Å²) in [6.07, 6.45) is 1.50. The molecule has 0 bridgehead atoms. The number of H-pyrrole nitrogens is 1. The van der Waals surface area contributed by atoms with Crippen molar-refractivity contribution in [3.8, 4) is 5.75 Å². The Kier molecular flexibility index (Phi) is 4.17. The molecular formula is C12H15ClN4O. The Balaban J connectivity index is 1.96. The third-order valence-corrected chi connectivity index (χ3v) is 2.97. The molecule has 2 aromatic rings. The molecule has 1 atom stereocenters. The van der Waals surface area contributed by atoms with Crippen LogP contribution < -0.4 is 10.1 Å². The van der Waals surface area contributed by atoms with Crippen LogP contribution in [0.15, 0.2) is 24.5 Å². The van der Waals surface area contributed by atoms with Crippen molar-refractivity contribution >= 4 is 11.6 Å². The summed E-state index contributed by atoms with van der Waals surface area (Å²) in [4.78, 5) is 4.10. The highest BCUT2D eigenvalue weighted by Gasteiger charge is 2.08. The monoisotopic (exact) mass is 266 g/mol. The van der Waals surface area contributed by atoms with Gasteiger partial charge >= 0.3 is 0 Å². The van der Waals surface area contributed by atoms with Gasteiger partial charge in [-0.15, -0.1) is 0 Å². The molecule has 2 rings (SSSR count). The molecule has 0 amide bonds. The van der Waals surface area contributed by atoms with Crippen LogP contribution >= 0.6 is 11.6 Å². The zero-order valence-corrected chi connectivity index (χ0v) is 11.0. The zero-order chi connectivity index (χ0) is 13.0. The van der Waals surface area contributed by atoms with Gasteiger partial charge in [0.25, 0.3) is 0 Å². The molecule has 1 aromatic heterocycles. The number of nitrogens with one attached hydrogen (secondary N) is 2. The summed E-state index contributed by atoms with van der Waals surface area (Å²) in [5.74, 6) is 1.50. The van der Waals surface area contributed by atoms with Crippen molar-refractivity contribution in [3.05, 3.63) is 40.9 Å². The molecule has 0 aliphatic rings. The summed E-state index contributed by atoms with van der Waals surface area (Å²) in [6.45, 7) is 2.72. The van der Waals surface area contributed by atoms with E-state index < -0.39 is 0 Å². The summed E-state index contributed by atoms with van der Waals surface area (Å²) >= 11 is 6.06. The number of hydrogen-bond donors (Lipinski definition) is 2. The molecular weight excluding hydrogens is 252 g/mol. The lowest BCUT2D eigenvalue weighted by molar-refractivity contribution is 0.414. The lowest BCUT2D eigenvalue weighted by Crippen LogP contribution is -2.19. The molecule has 0 fully saturated rings. The summed E-state index contributed by atoms with van der Waals surface area (Å²) < 4.78 is 5.11. The molecule has 2 N–H and O–H groups in total. The molecule has 18 heavy (non-hydrogen) atoms. The van der Waals surface area contributed by atoms with Gasteiger partial charge < -0.3 is 10.1 Å². The molecule has 1 aromatic carbocycles. The van der Waals surface area contributed by atoms with Crippen molar-refractivity contribution in [2.75, 3.05) is 7.11 Å². The average molecular weight is 267 g/mol. The van der Waals surface area contributed by atoms with E-state index in [1.807, 2.05) is 25.1 Å². The topological polar surface area (TPSA) is 62.8 Å². The van der Waals surface area contributed by atoms with Crippen LogP contribution in [-0.4, -0.2) is 22.3 Å². The van der Waals surface area contributed by atoms with Gasteiger partial charge in [0.1, 0.15) is 17.9 Å². The molecule has 0 aliphatic carbocycles. The highest BCUT2D eigenvalue weighted by Crippen LogP contribution is 2.25. The lowest BCUT2D eigenvalue weighted by Gasteiger charge is -2.11. The smallest absolute Gasteiger partial charge is 0.141 e. The molecule has 0 saturated carbocycles. The van der Waals surface area contributed by atoms with E-state index in [4.69, 9.17) is 16.3 Å². The molecule has 0 radical (unpaired) electrons. The predicted octanol–water partition coefficient (Wildman–Crippen LogP) is 2.32. The van der Waals surface area contributed by atoms with Gasteiger partial charge in [0.2, 0.25) is 0 Å². The number of hydrogen-bond acceptors (Lipinski definition) is 4. The van der Waals surface area contributed by atoms with Crippen molar-refractivity contribution in [2.24, 2.45) is 0 Å². The zero-order valence-electron chi connectivity index (χ0n) is 10.3. The number of benzene rings is 1. The highest BCUT2D eigenvalue weighted by atomic mass is 35.5. The normalized spacial score (nSPS) is 12.4. The van der Waals surface area contributed by atoms with Crippen LogP contribution in [-0.2, 0) is 6.54 Å². The fraction of sp³-hybridized carbons (Fsp3) is 0.333. The second-order valence-corrected chi connectivity index (χ2v) is 4.35. The first-order valence-corrected chi connectivity index (χ1v) is 5.99. The second-order valence-electron chi connectivity index (χ2n) is 3.94. The Morgan fingerprint density at radius 2 is 2.33 bits per heavy atom. The van der Waals surface area contributed by atoms with Gasteiger partial charge in [0.05, 0.1) is 18.2 Å². The molecule has 96 valence electrons. The van der Waals surface area contributed by atoms with Crippen molar-refractivity contribution in [1.29, 1.82) is 0 Å². The van der Waals surface area contributed by atoms with Gasteiger partial charge in [-0.1, -0.05) is 17.7 Å². The predicted molar refractivity (Wildman–Crippen MR) is 69.6 cm³/mol. The van der Waals surface area contributed by atoms with Crippen LogP contribution in [0.4, 0.5) is 0 Å². The Bertz CT molecular complexity index is 501. The Labute approximate surface area is 111 Å². The number of ether oxygens (including phenoxy) is 1. The van der Waals surface area contributed by atoms with Gasteiger partial charge in [-0.25, -0.2) is 4.98 Å². The maximum absolute atomic E-state index is 6.06. The molecule has 0 aliphatic heterocycles. The first-order chi connectivity index (χ1) is 8.70. The number of rotatable bonds is 5. The minimum atomic E-state index is 0.105. The van der Waals surface area contributed by atoms with Gasteiger partial charge in [-0.2, -0.15) is 5.10 Å².